The lowest BCUT2D eigenvalue weighted by molar-refractivity contribution is 1.08. The Hall–Kier alpha value is -11.6. The zero-order valence-electron chi connectivity index (χ0n) is 49.5. The average Bonchev–Trinajstić information content (AvgIpc) is 1.67. The molecule has 17 aromatic rings. The summed E-state index contributed by atoms with van der Waals surface area (Å²) >= 11 is 6.62. The molecule has 3 heterocycles. The minimum atomic E-state index is 0.464. The van der Waals surface area contributed by atoms with Gasteiger partial charge in [-0.3, -0.25) is 4.57 Å². The molecular weight excluding hydrogens is 1130 g/mol. The molecule has 0 radical (unpaired) electrons. The second kappa shape index (κ2) is 23.8. The maximum atomic E-state index is 6.62. The van der Waals surface area contributed by atoms with Crippen molar-refractivity contribution in [2.75, 3.05) is 0 Å². The molecule has 14 aromatic carbocycles. The Labute approximate surface area is 532 Å². The summed E-state index contributed by atoms with van der Waals surface area (Å²) in [5.41, 5.74) is 20.8. The zero-order chi connectivity index (χ0) is 60.6. The molecule has 0 spiro atoms. The molecular formula is C85H56ClN5. The molecule has 1 aliphatic carbocycles. The zero-order valence-corrected chi connectivity index (χ0v) is 50.3. The Bertz CT molecular complexity index is 5540. The molecule has 0 fully saturated rings. The molecule has 0 unspecified atom stereocenters. The summed E-state index contributed by atoms with van der Waals surface area (Å²) in [5, 5.41) is 9.84. The highest BCUT2D eigenvalue weighted by Crippen LogP contribution is 2.43. The van der Waals surface area contributed by atoms with Crippen LogP contribution in [0, 0.1) is 0 Å². The van der Waals surface area contributed by atoms with Crippen molar-refractivity contribution < 1.29 is 0 Å². The Morgan fingerprint density at radius 3 is 1.21 bits per heavy atom. The van der Waals surface area contributed by atoms with Gasteiger partial charge in [-0.15, -0.1) is 0 Å². The van der Waals surface area contributed by atoms with Gasteiger partial charge in [0.25, 0.3) is 0 Å². The highest BCUT2D eigenvalue weighted by atomic mass is 35.5. The lowest BCUT2D eigenvalue weighted by Crippen LogP contribution is -2.03. The van der Waals surface area contributed by atoms with E-state index in [1.54, 1.807) is 0 Å². The first-order chi connectivity index (χ1) is 45.0. The lowest BCUT2D eigenvalue weighted by atomic mass is 9.92. The topological polar surface area (TPSA) is 56.5 Å². The summed E-state index contributed by atoms with van der Waals surface area (Å²) in [7, 11) is 0. The number of fused-ring (bicyclic) bond motifs is 10. The van der Waals surface area contributed by atoms with Crippen LogP contribution in [0.5, 0.6) is 0 Å². The van der Waals surface area contributed by atoms with Crippen molar-refractivity contribution >= 4 is 76.8 Å². The molecule has 18 rings (SSSR count). The molecule has 5 nitrogen and oxygen atoms in total. The van der Waals surface area contributed by atoms with Gasteiger partial charge in [-0.25, -0.2) is 19.9 Å². The number of hydrogen-bond donors (Lipinski definition) is 0. The van der Waals surface area contributed by atoms with Gasteiger partial charge in [0.05, 0.1) is 22.1 Å². The highest BCUT2D eigenvalue weighted by molar-refractivity contribution is 6.34. The summed E-state index contributed by atoms with van der Waals surface area (Å²) in [6, 6.07) is 115. The molecule has 6 heteroatoms. The van der Waals surface area contributed by atoms with Gasteiger partial charge in [-0.1, -0.05) is 291 Å². The third-order valence-electron chi connectivity index (χ3n) is 17.4. The van der Waals surface area contributed by atoms with Crippen LogP contribution in [-0.2, 0) is 6.42 Å². The summed E-state index contributed by atoms with van der Waals surface area (Å²) in [6.45, 7) is 0. The lowest BCUT2D eigenvalue weighted by Gasteiger charge is -2.17. The molecule has 3 aromatic heterocycles. The first-order valence-electron chi connectivity index (χ1n) is 30.7. The van der Waals surface area contributed by atoms with Crippen molar-refractivity contribution in [2.24, 2.45) is 0 Å². The first-order valence-corrected chi connectivity index (χ1v) is 31.1. The number of rotatable bonds is 7. The number of hydrogen-bond acceptors (Lipinski definition) is 4. The second-order valence-electron chi connectivity index (χ2n) is 23.0. The standard InChI is InChI=1S/C42H27N3.C26H17ClN2.C17H12/c1-4-14-28(15-5-1)34-26-37-38(27-35(34)29-16-6-2-7-17-29)43-41(30-18-8-3-9-19-30)44-42(37)45-39-23-13-12-22-33(39)36-24-31-20-10-11-21-32(31)25-40(36)45;27-25-23-16-21(18-10-4-1-5-11-18)22(19-12-6-2-7-13-19)17-24(23)28-26(29-25)20-14-8-3-9-15-20;1-2-6-13-11-17-15(9-12(13)5-1)10-14-7-3-4-8-16(14)17/h1-27H;1-17H;1-9,11H,10H2. The summed E-state index contributed by atoms with van der Waals surface area (Å²) < 4.78 is 2.34. The third-order valence-corrected chi connectivity index (χ3v) is 17.7. The van der Waals surface area contributed by atoms with E-state index >= 15 is 0 Å². The van der Waals surface area contributed by atoms with Crippen LogP contribution < -0.4 is 0 Å². The minimum absolute atomic E-state index is 0.464. The van der Waals surface area contributed by atoms with Crippen molar-refractivity contribution in [3.8, 4) is 84.2 Å². The minimum Gasteiger partial charge on any atom is -0.293 e. The van der Waals surface area contributed by atoms with Crippen molar-refractivity contribution in [3.63, 3.8) is 0 Å². The number of nitrogens with zero attached hydrogens (tertiary/aromatic N) is 5. The largest absolute Gasteiger partial charge is 0.293 e. The summed E-state index contributed by atoms with van der Waals surface area (Å²) in [4.78, 5) is 20.0. The van der Waals surface area contributed by atoms with E-state index in [0.29, 0.717) is 16.8 Å². The van der Waals surface area contributed by atoms with Gasteiger partial charge in [0.15, 0.2) is 11.6 Å². The Morgan fingerprint density at radius 2 is 0.659 bits per heavy atom. The molecule has 0 bridgehead atoms. The third kappa shape index (κ3) is 10.5. The first kappa shape index (κ1) is 54.7. The predicted octanol–water partition coefficient (Wildman–Crippen LogP) is 22.6. The van der Waals surface area contributed by atoms with Gasteiger partial charge >= 0.3 is 0 Å². The van der Waals surface area contributed by atoms with Crippen molar-refractivity contribution in [1.82, 2.24) is 24.5 Å². The molecule has 0 amide bonds. The van der Waals surface area contributed by atoms with Crippen LogP contribution in [0.15, 0.2) is 328 Å². The maximum Gasteiger partial charge on any atom is 0.162 e. The van der Waals surface area contributed by atoms with E-state index in [-0.39, 0.29) is 0 Å². The van der Waals surface area contributed by atoms with E-state index in [1.165, 1.54) is 54.6 Å². The van der Waals surface area contributed by atoms with Crippen LogP contribution in [0.2, 0.25) is 5.15 Å². The number of halogens is 1. The smallest absolute Gasteiger partial charge is 0.162 e. The number of aromatic nitrogens is 5. The van der Waals surface area contributed by atoms with Crippen LogP contribution >= 0.6 is 11.6 Å². The van der Waals surface area contributed by atoms with E-state index in [2.05, 4.69) is 264 Å². The van der Waals surface area contributed by atoms with Gasteiger partial charge in [0.1, 0.15) is 11.0 Å². The molecule has 0 atom stereocenters. The van der Waals surface area contributed by atoms with Crippen molar-refractivity contribution in [1.29, 1.82) is 0 Å². The van der Waals surface area contributed by atoms with E-state index < -0.39 is 0 Å². The van der Waals surface area contributed by atoms with Crippen molar-refractivity contribution in [3.05, 3.63) is 344 Å². The van der Waals surface area contributed by atoms with E-state index in [4.69, 9.17) is 26.6 Å². The van der Waals surface area contributed by atoms with Gasteiger partial charge in [-0.2, -0.15) is 0 Å². The van der Waals surface area contributed by atoms with Crippen LogP contribution in [0.25, 0.3) is 149 Å². The monoisotopic (exact) mass is 1180 g/mol. The summed E-state index contributed by atoms with van der Waals surface area (Å²) in [6.07, 6.45) is 1.08. The molecule has 1 aliphatic rings. The fourth-order valence-electron chi connectivity index (χ4n) is 13.0. The average molecular weight is 1180 g/mol. The molecule has 0 aliphatic heterocycles. The SMILES string of the molecule is Clc1nc(-c2ccccc2)nc2cc(-c3ccccc3)c(-c3ccccc3)cc12.c1ccc(-c2nc(-n3c4ccccc4c4cc5ccccc5cc43)c3cc(-c4ccccc4)c(-c4ccccc4)cc3n2)cc1.c1ccc2c(c1)Cc1cc3ccccc3cc1-2. The Morgan fingerprint density at radius 1 is 0.253 bits per heavy atom. The predicted molar refractivity (Wildman–Crippen MR) is 381 cm³/mol. The van der Waals surface area contributed by atoms with E-state index in [9.17, 15) is 0 Å². The van der Waals surface area contributed by atoms with Crippen LogP contribution in [0.3, 0.4) is 0 Å². The van der Waals surface area contributed by atoms with Crippen LogP contribution in [-0.4, -0.2) is 24.5 Å². The normalized spacial score (nSPS) is 11.5. The second-order valence-corrected chi connectivity index (χ2v) is 23.4. The molecule has 91 heavy (non-hydrogen) atoms. The molecule has 0 saturated carbocycles. The van der Waals surface area contributed by atoms with Gasteiger partial charge in [-0.05, 0) is 143 Å². The summed E-state index contributed by atoms with van der Waals surface area (Å²) in [5.74, 6) is 2.21. The van der Waals surface area contributed by atoms with E-state index in [0.717, 1.165) is 101 Å². The molecule has 428 valence electrons. The maximum absolute atomic E-state index is 6.62. The fourth-order valence-corrected chi connectivity index (χ4v) is 13.3. The highest BCUT2D eigenvalue weighted by Gasteiger charge is 2.22. The van der Waals surface area contributed by atoms with Gasteiger partial charge < -0.3 is 0 Å². The van der Waals surface area contributed by atoms with Gasteiger partial charge in [0, 0.05) is 32.7 Å². The molecule has 0 saturated heterocycles. The Balaban J connectivity index is 0.000000122. The Kier molecular flexibility index (Phi) is 14.3. The van der Waals surface area contributed by atoms with Crippen molar-refractivity contribution in [2.45, 2.75) is 6.42 Å². The van der Waals surface area contributed by atoms with Crippen LogP contribution in [0.4, 0.5) is 0 Å². The fraction of sp³-hybridized carbons (Fsp3) is 0.0118. The van der Waals surface area contributed by atoms with Crippen LogP contribution in [0.1, 0.15) is 11.1 Å². The molecule has 0 N–H and O–H groups in total. The number of para-hydroxylation sites is 1. The quantitative estimate of drug-likeness (QED) is 0.149. The van der Waals surface area contributed by atoms with Gasteiger partial charge in [0.2, 0.25) is 0 Å². The number of benzene rings is 14. The van der Waals surface area contributed by atoms with E-state index in [1.807, 2.05) is 72.8 Å².